The Morgan fingerprint density at radius 3 is 2.52 bits per heavy atom. The molecule has 1 saturated carbocycles. The third-order valence-electron chi connectivity index (χ3n) is 6.39. The van der Waals surface area contributed by atoms with E-state index in [2.05, 4.69) is 13.0 Å². The maximum absolute atomic E-state index is 15.2. The summed E-state index contributed by atoms with van der Waals surface area (Å²) in [7, 11) is 0. The Bertz CT molecular complexity index is 747. The lowest BCUT2D eigenvalue weighted by Crippen LogP contribution is -2.28. The Balaban J connectivity index is 1.64. The molecule has 2 aromatic carbocycles. The second-order valence-electron chi connectivity index (χ2n) is 7.87. The molecule has 25 heavy (non-hydrogen) atoms. The highest BCUT2D eigenvalue weighted by molar-refractivity contribution is 5.66. The van der Waals surface area contributed by atoms with Crippen LogP contribution in [0.2, 0.25) is 0 Å². The first kappa shape index (κ1) is 16.8. The molecule has 0 radical (unpaired) electrons. The molecule has 0 aromatic heterocycles. The van der Waals surface area contributed by atoms with E-state index in [4.69, 9.17) is 0 Å². The van der Waals surface area contributed by atoms with Gasteiger partial charge in [0.15, 0.2) is 0 Å². The lowest BCUT2D eigenvalue weighted by Gasteiger charge is -2.41. The van der Waals surface area contributed by atoms with Crippen molar-refractivity contribution in [1.29, 1.82) is 0 Å². The summed E-state index contributed by atoms with van der Waals surface area (Å²) >= 11 is 0. The van der Waals surface area contributed by atoms with Crippen molar-refractivity contribution in [1.82, 2.24) is 0 Å². The number of hydrogen-bond acceptors (Lipinski definition) is 0. The van der Waals surface area contributed by atoms with E-state index < -0.39 is 0 Å². The molecule has 2 aliphatic carbocycles. The van der Waals surface area contributed by atoms with Gasteiger partial charge in [-0.3, -0.25) is 0 Å². The molecule has 3 atom stereocenters. The Hall–Kier alpha value is -1.70. The zero-order chi connectivity index (χ0) is 17.4. The highest BCUT2D eigenvalue weighted by Crippen LogP contribution is 2.49. The average molecular weight is 340 g/mol. The third-order valence-corrected chi connectivity index (χ3v) is 6.39. The smallest absolute Gasteiger partial charge is 0.134 e. The fourth-order valence-electron chi connectivity index (χ4n) is 5.18. The predicted molar refractivity (Wildman–Crippen MR) is 98.6 cm³/mol. The highest BCUT2D eigenvalue weighted by Gasteiger charge is 2.36. The minimum atomic E-state index is -0.284. The maximum Gasteiger partial charge on any atom is 0.134 e. The molecule has 1 fully saturated rings. The molecule has 0 saturated heterocycles. The van der Waals surface area contributed by atoms with Gasteiger partial charge in [-0.2, -0.15) is 0 Å². The van der Waals surface area contributed by atoms with Crippen molar-refractivity contribution >= 4 is 0 Å². The molecule has 0 nitrogen and oxygen atoms in total. The van der Waals surface area contributed by atoms with Gasteiger partial charge < -0.3 is 0 Å². The molecule has 0 aliphatic heterocycles. The third kappa shape index (κ3) is 3.12. The van der Waals surface area contributed by atoms with E-state index in [-0.39, 0.29) is 11.6 Å². The summed E-state index contributed by atoms with van der Waals surface area (Å²) in [6.45, 7) is 2.27. The summed E-state index contributed by atoms with van der Waals surface area (Å²) in [5.41, 5.74) is 3.53. The van der Waals surface area contributed by atoms with Crippen LogP contribution in [0.3, 0.4) is 0 Å². The number of benzene rings is 2. The Kier molecular flexibility index (Phi) is 4.62. The van der Waals surface area contributed by atoms with Crippen molar-refractivity contribution in [3.8, 4) is 11.1 Å². The molecule has 0 spiro atoms. The molecule has 0 bridgehead atoms. The topological polar surface area (TPSA) is 0 Å². The van der Waals surface area contributed by atoms with Gasteiger partial charge in [0, 0.05) is 5.56 Å². The van der Waals surface area contributed by atoms with Gasteiger partial charge in [0.2, 0.25) is 0 Å². The lowest BCUT2D eigenvalue weighted by molar-refractivity contribution is 0.200. The summed E-state index contributed by atoms with van der Waals surface area (Å²) in [6, 6.07) is 10.2. The van der Waals surface area contributed by atoms with E-state index >= 15 is 4.39 Å². The van der Waals surface area contributed by atoms with Gasteiger partial charge in [0.05, 0.1) is 0 Å². The summed E-state index contributed by atoms with van der Waals surface area (Å²) in [4.78, 5) is 0. The quantitative estimate of drug-likeness (QED) is 0.571. The van der Waals surface area contributed by atoms with E-state index in [1.165, 1.54) is 49.8 Å². The van der Waals surface area contributed by atoms with Gasteiger partial charge in [-0.1, -0.05) is 44.0 Å². The average Bonchev–Trinajstić information content (AvgIpc) is 2.63. The van der Waals surface area contributed by atoms with Crippen LogP contribution in [0.4, 0.5) is 8.78 Å². The van der Waals surface area contributed by atoms with Gasteiger partial charge >= 0.3 is 0 Å². The molecule has 4 rings (SSSR count). The first-order chi connectivity index (χ1) is 12.2. The van der Waals surface area contributed by atoms with Crippen LogP contribution >= 0.6 is 0 Å². The summed E-state index contributed by atoms with van der Waals surface area (Å²) in [6.07, 6.45) is 8.38. The lowest BCUT2D eigenvalue weighted by atomic mass is 9.64. The summed E-state index contributed by atoms with van der Waals surface area (Å²) in [5, 5.41) is 0. The molecule has 132 valence electrons. The molecule has 0 amide bonds. The van der Waals surface area contributed by atoms with E-state index in [1.807, 2.05) is 6.07 Å². The first-order valence-electron chi connectivity index (χ1n) is 9.74. The molecule has 0 N–H and O–H groups in total. The van der Waals surface area contributed by atoms with Crippen LogP contribution in [0, 0.1) is 23.5 Å². The molecule has 3 unspecified atom stereocenters. The molecule has 2 aromatic rings. The SMILES string of the molecule is CCCC1CCC2c3ccc(-c4ccc(F)cc4)c(F)c3CCC2C1. The normalized spacial score (nSPS) is 25.3. The van der Waals surface area contributed by atoms with Crippen LogP contribution in [0.1, 0.15) is 62.5 Å². The fourth-order valence-corrected chi connectivity index (χ4v) is 5.18. The number of rotatable bonds is 3. The van der Waals surface area contributed by atoms with Crippen LogP contribution in [0.5, 0.6) is 0 Å². The van der Waals surface area contributed by atoms with E-state index in [0.717, 1.165) is 35.8 Å². The van der Waals surface area contributed by atoms with Gasteiger partial charge in [0.1, 0.15) is 11.6 Å². The van der Waals surface area contributed by atoms with Crippen molar-refractivity contribution in [3.05, 3.63) is 59.2 Å². The Labute approximate surface area is 149 Å². The van der Waals surface area contributed by atoms with Crippen molar-refractivity contribution in [3.63, 3.8) is 0 Å². The summed E-state index contributed by atoms with van der Waals surface area (Å²) in [5.74, 6) is 1.77. The maximum atomic E-state index is 15.2. The zero-order valence-corrected chi connectivity index (χ0v) is 14.9. The largest absolute Gasteiger partial charge is 0.207 e. The number of fused-ring (bicyclic) bond motifs is 3. The monoisotopic (exact) mass is 340 g/mol. The fraction of sp³-hybridized carbons (Fsp3) is 0.478. The molecule has 0 heterocycles. The zero-order valence-electron chi connectivity index (χ0n) is 14.9. The van der Waals surface area contributed by atoms with E-state index in [0.29, 0.717) is 11.5 Å². The Morgan fingerprint density at radius 1 is 0.960 bits per heavy atom. The van der Waals surface area contributed by atoms with Crippen LogP contribution in [-0.4, -0.2) is 0 Å². The second-order valence-corrected chi connectivity index (χ2v) is 7.87. The number of halogens is 2. The molecule has 2 heteroatoms. The van der Waals surface area contributed by atoms with Crippen molar-refractivity contribution < 1.29 is 8.78 Å². The van der Waals surface area contributed by atoms with Crippen LogP contribution in [0.15, 0.2) is 36.4 Å². The highest BCUT2D eigenvalue weighted by atomic mass is 19.1. The van der Waals surface area contributed by atoms with E-state index in [1.54, 1.807) is 12.1 Å². The van der Waals surface area contributed by atoms with Crippen LogP contribution in [-0.2, 0) is 6.42 Å². The predicted octanol–water partition coefficient (Wildman–Crippen LogP) is 6.88. The standard InChI is InChI=1S/C23H26F2/c1-2-3-15-4-10-19-17(14-15)7-11-22-21(19)13-12-20(23(22)25)16-5-8-18(24)9-6-16/h5-6,8-9,12-13,15,17,19H,2-4,7,10-11,14H2,1H3. The molecular formula is C23H26F2. The summed E-state index contributed by atoms with van der Waals surface area (Å²) < 4.78 is 28.4. The van der Waals surface area contributed by atoms with Crippen molar-refractivity contribution in [2.75, 3.05) is 0 Å². The van der Waals surface area contributed by atoms with Gasteiger partial charge in [-0.25, -0.2) is 8.78 Å². The van der Waals surface area contributed by atoms with Crippen molar-refractivity contribution in [2.45, 2.75) is 57.8 Å². The minimum absolute atomic E-state index is 0.0850. The second kappa shape index (κ2) is 6.90. The molecule has 2 aliphatic rings. The van der Waals surface area contributed by atoms with Crippen molar-refractivity contribution in [2.24, 2.45) is 11.8 Å². The van der Waals surface area contributed by atoms with Crippen LogP contribution < -0.4 is 0 Å². The number of hydrogen-bond donors (Lipinski definition) is 0. The Morgan fingerprint density at radius 2 is 1.76 bits per heavy atom. The first-order valence-corrected chi connectivity index (χ1v) is 9.74. The molecular weight excluding hydrogens is 314 g/mol. The van der Waals surface area contributed by atoms with Gasteiger partial charge in [0.25, 0.3) is 0 Å². The van der Waals surface area contributed by atoms with E-state index in [9.17, 15) is 4.39 Å². The van der Waals surface area contributed by atoms with Gasteiger partial charge in [-0.15, -0.1) is 0 Å². The minimum Gasteiger partial charge on any atom is -0.207 e. The van der Waals surface area contributed by atoms with Crippen LogP contribution in [0.25, 0.3) is 11.1 Å². The van der Waals surface area contributed by atoms with Gasteiger partial charge in [-0.05, 0) is 78.7 Å².